The van der Waals surface area contributed by atoms with Gasteiger partial charge in [0.25, 0.3) is 0 Å². The van der Waals surface area contributed by atoms with Gasteiger partial charge in [-0.05, 0) is 23.6 Å². The molecule has 0 aliphatic heterocycles. The summed E-state index contributed by atoms with van der Waals surface area (Å²) in [4.78, 5) is 10.7. The molecule has 0 aliphatic rings. The third-order valence-electron chi connectivity index (χ3n) is 2.93. The fourth-order valence-electron chi connectivity index (χ4n) is 1.98. The molecule has 0 N–H and O–H groups in total. The SMILES string of the molecule is CCCc1ccc(-c2ccc(C=O)cc2Cl)cc1. The first kappa shape index (κ1) is 12.8. The van der Waals surface area contributed by atoms with E-state index in [0.29, 0.717) is 10.6 Å². The zero-order chi connectivity index (χ0) is 13.0. The number of aryl methyl sites for hydroxylation is 1. The van der Waals surface area contributed by atoms with Gasteiger partial charge in [-0.15, -0.1) is 0 Å². The summed E-state index contributed by atoms with van der Waals surface area (Å²) < 4.78 is 0. The normalized spacial score (nSPS) is 10.3. The van der Waals surface area contributed by atoms with Gasteiger partial charge in [0, 0.05) is 16.1 Å². The minimum absolute atomic E-state index is 0.603. The maximum absolute atomic E-state index is 10.7. The highest BCUT2D eigenvalue weighted by atomic mass is 35.5. The monoisotopic (exact) mass is 258 g/mol. The largest absolute Gasteiger partial charge is 0.298 e. The molecular formula is C16H15ClO. The molecule has 0 saturated carbocycles. The van der Waals surface area contributed by atoms with E-state index in [1.807, 2.05) is 6.07 Å². The van der Waals surface area contributed by atoms with Crippen LogP contribution in [0.15, 0.2) is 42.5 Å². The Kier molecular flexibility index (Phi) is 4.16. The van der Waals surface area contributed by atoms with E-state index in [9.17, 15) is 4.79 Å². The van der Waals surface area contributed by atoms with Gasteiger partial charge < -0.3 is 0 Å². The van der Waals surface area contributed by atoms with E-state index >= 15 is 0 Å². The van der Waals surface area contributed by atoms with Crippen molar-refractivity contribution in [3.63, 3.8) is 0 Å². The molecule has 2 rings (SSSR count). The van der Waals surface area contributed by atoms with Crippen molar-refractivity contribution in [3.05, 3.63) is 58.6 Å². The number of hydrogen-bond donors (Lipinski definition) is 0. The second-order valence-electron chi connectivity index (χ2n) is 4.30. The Balaban J connectivity index is 2.33. The van der Waals surface area contributed by atoms with Crippen molar-refractivity contribution in [2.45, 2.75) is 19.8 Å². The second kappa shape index (κ2) is 5.83. The Morgan fingerprint density at radius 3 is 2.39 bits per heavy atom. The van der Waals surface area contributed by atoms with Crippen LogP contribution in [0.1, 0.15) is 29.3 Å². The molecule has 0 aromatic heterocycles. The molecule has 2 heteroatoms. The molecule has 0 unspecified atom stereocenters. The molecule has 18 heavy (non-hydrogen) atoms. The lowest BCUT2D eigenvalue weighted by Crippen LogP contribution is -1.86. The topological polar surface area (TPSA) is 17.1 Å². The highest BCUT2D eigenvalue weighted by molar-refractivity contribution is 6.33. The number of hydrogen-bond acceptors (Lipinski definition) is 1. The number of rotatable bonds is 4. The molecule has 92 valence electrons. The number of benzene rings is 2. The van der Waals surface area contributed by atoms with E-state index in [0.717, 1.165) is 30.3 Å². The van der Waals surface area contributed by atoms with Crippen LogP contribution in [0, 0.1) is 0 Å². The van der Waals surface area contributed by atoms with E-state index < -0.39 is 0 Å². The first-order valence-electron chi connectivity index (χ1n) is 6.08. The van der Waals surface area contributed by atoms with Crippen molar-refractivity contribution in [2.24, 2.45) is 0 Å². The molecular weight excluding hydrogens is 244 g/mol. The lowest BCUT2D eigenvalue weighted by molar-refractivity contribution is 0.112. The fraction of sp³-hybridized carbons (Fsp3) is 0.188. The van der Waals surface area contributed by atoms with Gasteiger partial charge in [-0.2, -0.15) is 0 Å². The van der Waals surface area contributed by atoms with Crippen LogP contribution >= 0.6 is 11.6 Å². The van der Waals surface area contributed by atoms with Gasteiger partial charge in [0.15, 0.2) is 0 Å². The predicted molar refractivity (Wildman–Crippen MR) is 76.3 cm³/mol. The summed E-state index contributed by atoms with van der Waals surface area (Å²) in [6.07, 6.45) is 3.05. The van der Waals surface area contributed by atoms with Crippen molar-refractivity contribution in [3.8, 4) is 11.1 Å². The zero-order valence-electron chi connectivity index (χ0n) is 10.3. The average Bonchev–Trinajstić information content (AvgIpc) is 2.40. The van der Waals surface area contributed by atoms with E-state index in [2.05, 4.69) is 31.2 Å². The van der Waals surface area contributed by atoms with Crippen molar-refractivity contribution < 1.29 is 4.79 Å². The van der Waals surface area contributed by atoms with Crippen LogP contribution in [-0.2, 0) is 6.42 Å². The number of halogens is 1. The zero-order valence-corrected chi connectivity index (χ0v) is 11.1. The van der Waals surface area contributed by atoms with Gasteiger partial charge in [0.2, 0.25) is 0 Å². The van der Waals surface area contributed by atoms with E-state index in [1.54, 1.807) is 12.1 Å². The maximum Gasteiger partial charge on any atom is 0.150 e. The molecule has 0 bridgehead atoms. The van der Waals surface area contributed by atoms with Gasteiger partial charge in [0.1, 0.15) is 6.29 Å². The molecule has 0 spiro atoms. The first-order chi connectivity index (χ1) is 8.74. The van der Waals surface area contributed by atoms with Crippen molar-refractivity contribution >= 4 is 17.9 Å². The molecule has 2 aromatic carbocycles. The molecule has 2 aromatic rings. The first-order valence-corrected chi connectivity index (χ1v) is 6.46. The molecule has 0 saturated heterocycles. The molecule has 1 nitrogen and oxygen atoms in total. The summed E-state index contributed by atoms with van der Waals surface area (Å²) in [5.41, 5.74) is 3.98. The molecule has 0 atom stereocenters. The fourth-order valence-corrected chi connectivity index (χ4v) is 2.28. The average molecular weight is 259 g/mol. The molecule has 0 fully saturated rings. The number of aldehydes is 1. The van der Waals surface area contributed by atoms with Gasteiger partial charge >= 0.3 is 0 Å². The van der Waals surface area contributed by atoms with Gasteiger partial charge in [-0.25, -0.2) is 0 Å². The molecule has 0 radical (unpaired) electrons. The Hall–Kier alpha value is -1.60. The van der Waals surface area contributed by atoms with Crippen LogP contribution in [0.2, 0.25) is 5.02 Å². The van der Waals surface area contributed by atoms with Gasteiger partial charge in [-0.1, -0.05) is 61.3 Å². The Morgan fingerprint density at radius 1 is 1.11 bits per heavy atom. The summed E-state index contributed by atoms with van der Waals surface area (Å²) in [7, 11) is 0. The summed E-state index contributed by atoms with van der Waals surface area (Å²) in [5, 5.41) is 0.614. The number of carbonyl (C=O) groups excluding carboxylic acids is 1. The summed E-state index contributed by atoms with van der Waals surface area (Å²) in [6.45, 7) is 2.17. The minimum Gasteiger partial charge on any atom is -0.298 e. The van der Waals surface area contributed by atoms with Crippen LogP contribution in [0.5, 0.6) is 0 Å². The lowest BCUT2D eigenvalue weighted by Gasteiger charge is -2.06. The third kappa shape index (κ3) is 2.80. The maximum atomic E-state index is 10.7. The second-order valence-corrected chi connectivity index (χ2v) is 4.71. The highest BCUT2D eigenvalue weighted by Gasteiger charge is 2.04. The summed E-state index contributed by atoms with van der Waals surface area (Å²) >= 11 is 6.18. The van der Waals surface area contributed by atoms with Crippen LogP contribution in [-0.4, -0.2) is 6.29 Å². The Morgan fingerprint density at radius 2 is 1.83 bits per heavy atom. The van der Waals surface area contributed by atoms with Crippen LogP contribution in [0.4, 0.5) is 0 Å². The number of carbonyl (C=O) groups is 1. The van der Waals surface area contributed by atoms with Crippen molar-refractivity contribution in [1.82, 2.24) is 0 Å². The predicted octanol–water partition coefficient (Wildman–Crippen LogP) is 4.77. The lowest BCUT2D eigenvalue weighted by atomic mass is 10.0. The summed E-state index contributed by atoms with van der Waals surface area (Å²) in [5.74, 6) is 0. The highest BCUT2D eigenvalue weighted by Crippen LogP contribution is 2.28. The molecule has 0 amide bonds. The van der Waals surface area contributed by atoms with Gasteiger partial charge in [-0.3, -0.25) is 4.79 Å². The van der Waals surface area contributed by atoms with E-state index in [1.165, 1.54) is 5.56 Å². The van der Waals surface area contributed by atoms with Crippen LogP contribution in [0.3, 0.4) is 0 Å². The minimum atomic E-state index is 0.603. The van der Waals surface area contributed by atoms with E-state index in [4.69, 9.17) is 11.6 Å². The third-order valence-corrected chi connectivity index (χ3v) is 3.25. The Bertz CT molecular complexity index is 544. The van der Waals surface area contributed by atoms with E-state index in [-0.39, 0.29) is 0 Å². The quantitative estimate of drug-likeness (QED) is 0.722. The smallest absolute Gasteiger partial charge is 0.150 e. The molecule has 0 heterocycles. The summed E-state index contributed by atoms with van der Waals surface area (Å²) in [6, 6.07) is 13.8. The van der Waals surface area contributed by atoms with Crippen LogP contribution in [0.25, 0.3) is 11.1 Å². The van der Waals surface area contributed by atoms with Crippen LogP contribution < -0.4 is 0 Å². The van der Waals surface area contributed by atoms with Crippen molar-refractivity contribution in [1.29, 1.82) is 0 Å². The standard InChI is InChI=1S/C16H15ClO/c1-2-3-12-4-7-14(8-5-12)15-9-6-13(11-18)10-16(15)17/h4-11H,2-3H2,1H3. The Labute approximate surface area is 112 Å². The van der Waals surface area contributed by atoms with Crippen molar-refractivity contribution in [2.75, 3.05) is 0 Å². The molecule has 0 aliphatic carbocycles. The van der Waals surface area contributed by atoms with Gasteiger partial charge in [0.05, 0.1) is 0 Å².